The summed E-state index contributed by atoms with van der Waals surface area (Å²) in [5.41, 5.74) is 0.857. The smallest absolute Gasteiger partial charge is 0.408 e. The highest BCUT2D eigenvalue weighted by Gasteiger charge is 2.26. The van der Waals surface area contributed by atoms with Crippen LogP contribution in [0, 0.1) is 0 Å². The normalized spacial score (nSPS) is 11.6. The van der Waals surface area contributed by atoms with Crippen LogP contribution in [0.15, 0.2) is 24.4 Å². The predicted molar refractivity (Wildman–Crippen MR) is 77.9 cm³/mol. The van der Waals surface area contributed by atoms with Crippen molar-refractivity contribution >= 4 is 28.6 Å². The van der Waals surface area contributed by atoms with Gasteiger partial charge in [0.2, 0.25) is 0 Å². The molecule has 2 rings (SSSR count). The van der Waals surface area contributed by atoms with Crippen molar-refractivity contribution in [1.29, 1.82) is 0 Å². The maximum atomic E-state index is 11.3. The standard InChI is InChI=1S/C14H16ClN3O2/c1-14(2,3)18(13(19)20)8-10-6-11-9(7-16-10)4-5-12(15)17-11/h4-7H,8H2,1-3H3,(H,19,20). The Kier molecular flexibility index (Phi) is 3.81. The zero-order valence-corrected chi connectivity index (χ0v) is 12.3. The van der Waals surface area contributed by atoms with Crippen molar-refractivity contribution in [2.45, 2.75) is 32.9 Å². The lowest BCUT2D eigenvalue weighted by Gasteiger charge is -2.32. The van der Waals surface area contributed by atoms with Gasteiger partial charge in [0.05, 0.1) is 17.8 Å². The number of pyridine rings is 2. The second kappa shape index (κ2) is 5.25. The molecule has 0 radical (unpaired) electrons. The molecule has 1 amide bonds. The van der Waals surface area contributed by atoms with Gasteiger partial charge in [-0.2, -0.15) is 0 Å². The average Bonchev–Trinajstić information content (AvgIpc) is 2.33. The molecule has 1 N–H and O–H groups in total. The Bertz CT molecular complexity index is 652. The lowest BCUT2D eigenvalue weighted by atomic mass is 10.1. The monoisotopic (exact) mass is 293 g/mol. The molecule has 0 aromatic carbocycles. The molecule has 0 saturated heterocycles. The molecule has 106 valence electrons. The summed E-state index contributed by atoms with van der Waals surface area (Å²) in [5, 5.41) is 10.6. The van der Waals surface area contributed by atoms with Gasteiger partial charge in [-0.3, -0.25) is 9.88 Å². The lowest BCUT2D eigenvalue weighted by Crippen LogP contribution is -2.44. The average molecular weight is 294 g/mol. The van der Waals surface area contributed by atoms with Crippen LogP contribution < -0.4 is 0 Å². The van der Waals surface area contributed by atoms with E-state index in [1.807, 2.05) is 26.8 Å². The molecule has 0 aliphatic heterocycles. The SMILES string of the molecule is CC(C)(C)N(Cc1cc2nc(Cl)ccc2cn1)C(=O)O. The number of nitrogens with zero attached hydrogens (tertiary/aromatic N) is 3. The van der Waals surface area contributed by atoms with E-state index in [-0.39, 0.29) is 6.54 Å². The van der Waals surface area contributed by atoms with E-state index in [0.717, 1.165) is 5.39 Å². The fraction of sp³-hybridized carbons (Fsp3) is 0.357. The fourth-order valence-electron chi connectivity index (χ4n) is 1.87. The molecule has 0 spiro atoms. The quantitative estimate of drug-likeness (QED) is 0.860. The topological polar surface area (TPSA) is 66.3 Å². The third-order valence-corrected chi connectivity index (χ3v) is 3.17. The van der Waals surface area contributed by atoms with Crippen LogP contribution in [0.2, 0.25) is 5.15 Å². The van der Waals surface area contributed by atoms with Gasteiger partial charge in [-0.1, -0.05) is 11.6 Å². The molecule has 0 fully saturated rings. The summed E-state index contributed by atoms with van der Waals surface area (Å²) in [4.78, 5) is 21.2. The van der Waals surface area contributed by atoms with Crippen LogP contribution >= 0.6 is 11.6 Å². The second-order valence-electron chi connectivity index (χ2n) is 5.54. The first-order valence-corrected chi connectivity index (χ1v) is 6.57. The van der Waals surface area contributed by atoms with E-state index in [9.17, 15) is 9.90 Å². The molecular formula is C14H16ClN3O2. The van der Waals surface area contributed by atoms with Crippen LogP contribution in [-0.2, 0) is 6.54 Å². The molecule has 20 heavy (non-hydrogen) atoms. The van der Waals surface area contributed by atoms with E-state index in [0.29, 0.717) is 16.4 Å². The summed E-state index contributed by atoms with van der Waals surface area (Å²) in [5.74, 6) is 0. The van der Waals surface area contributed by atoms with Gasteiger partial charge in [0.15, 0.2) is 0 Å². The van der Waals surface area contributed by atoms with E-state index in [4.69, 9.17) is 11.6 Å². The van der Waals surface area contributed by atoms with Crippen molar-refractivity contribution < 1.29 is 9.90 Å². The van der Waals surface area contributed by atoms with Crippen molar-refractivity contribution in [3.8, 4) is 0 Å². The first-order chi connectivity index (χ1) is 9.27. The molecule has 0 bridgehead atoms. The molecule has 2 heterocycles. The van der Waals surface area contributed by atoms with Crippen molar-refractivity contribution in [3.63, 3.8) is 0 Å². The first-order valence-electron chi connectivity index (χ1n) is 6.19. The Morgan fingerprint density at radius 3 is 2.70 bits per heavy atom. The lowest BCUT2D eigenvalue weighted by molar-refractivity contribution is 0.0947. The largest absolute Gasteiger partial charge is 0.465 e. The van der Waals surface area contributed by atoms with Gasteiger partial charge < -0.3 is 5.11 Å². The highest BCUT2D eigenvalue weighted by molar-refractivity contribution is 6.29. The van der Waals surface area contributed by atoms with Crippen LogP contribution in [0.3, 0.4) is 0 Å². The van der Waals surface area contributed by atoms with Gasteiger partial charge in [0.25, 0.3) is 0 Å². The molecule has 0 unspecified atom stereocenters. The number of carboxylic acid groups (broad SMARTS) is 1. The number of rotatable bonds is 2. The molecule has 2 aromatic heterocycles. The number of aromatic nitrogens is 2. The Labute approximate surface area is 122 Å². The summed E-state index contributed by atoms with van der Waals surface area (Å²) in [6.45, 7) is 5.74. The van der Waals surface area contributed by atoms with Crippen molar-refractivity contribution in [2.75, 3.05) is 0 Å². The van der Waals surface area contributed by atoms with E-state index in [1.165, 1.54) is 4.90 Å². The molecule has 0 aliphatic rings. The maximum Gasteiger partial charge on any atom is 0.408 e. The van der Waals surface area contributed by atoms with Crippen LogP contribution in [0.4, 0.5) is 4.79 Å². The van der Waals surface area contributed by atoms with Gasteiger partial charge >= 0.3 is 6.09 Å². The molecule has 0 saturated carbocycles. The van der Waals surface area contributed by atoms with Crippen LogP contribution in [0.5, 0.6) is 0 Å². The Morgan fingerprint density at radius 1 is 1.40 bits per heavy atom. The Hall–Kier alpha value is -1.88. The molecule has 0 aliphatic carbocycles. The minimum absolute atomic E-state index is 0.211. The van der Waals surface area contributed by atoms with E-state index >= 15 is 0 Å². The number of hydrogen-bond acceptors (Lipinski definition) is 3. The van der Waals surface area contributed by atoms with Crippen LogP contribution in [0.25, 0.3) is 10.9 Å². The summed E-state index contributed by atoms with van der Waals surface area (Å²) in [7, 11) is 0. The maximum absolute atomic E-state index is 11.3. The number of halogens is 1. The molecule has 5 nitrogen and oxygen atoms in total. The third-order valence-electron chi connectivity index (χ3n) is 2.96. The van der Waals surface area contributed by atoms with Crippen molar-refractivity contribution in [2.24, 2.45) is 0 Å². The third kappa shape index (κ3) is 3.17. The first kappa shape index (κ1) is 14.5. The summed E-state index contributed by atoms with van der Waals surface area (Å²) < 4.78 is 0. The van der Waals surface area contributed by atoms with Crippen molar-refractivity contribution in [1.82, 2.24) is 14.9 Å². The van der Waals surface area contributed by atoms with E-state index in [1.54, 1.807) is 18.3 Å². The number of carbonyl (C=O) groups is 1. The minimum atomic E-state index is -0.974. The fourth-order valence-corrected chi connectivity index (χ4v) is 2.03. The zero-order chi connectivity index (χ0) is 14.9. The predicted octanol–water partition coefficient (Wildman–Crippen LogP) is 3.56. The van der Waals surface area contributed by atoms with Gasteiger partial charge in [-0.05, 0) is 39.0 Å². The highest BCUT2D eigenvalue weighted by Crippen LogP contribution is 2.19. The number of amides is 1. The van der Waals surface area contributed by atoms with E-state index in [2.05, 4.69) is 9.97 Å². The molecule has 6 heteroatoms. The Balaban J connectivity index is 2.35. The molecule has 0 atom stereocenters. The Morgan fingerprint density at radius 2 is 2.10 bits per heavy atom. The number of fused-ring (bicyclic) bond motifs is 1. The molecule has 2 aromatic rings. The van der Waals surface area contributed by atoms with Gasteiger partial charge in [0.1, 0.15) is 5.15 Å². The summed E-state index contributed by atoms with van der Waals surface area (Å²) in [6, 6.07) is 5.30. The van der Waals surface area contributed by atoms with Gasteiger partial charge in [0, 0.05) is 17.1 Å². The van der Waals surface area contributed by atoms with E-state index < -0.39 is 11.6 Å². The van der Waals surface area contributed by atoms with Gasteiger partial charge in [-0.15, -0.1) is 0 Å². The molecular weight excluding hydrogens is 278 g/mol. The van der Waals surface area contributed by atoms with Crippen LogP contribution in [-0.4, -0.2) is 31.6 Å². The summed E-state index contributed by atoms with van der Waals surface area (Å²) >= 11 is 5.86. The minimum Gasteiger partial charge on any atom is -0.465 e. The van der Waals surface area contributed by atoms with Crippen LogP contribution in [0.1, 0.15) is 26.5 Å². The number of hydrogen-bond donors (Lipinski definition) is 1. The van der Waals surface area contributed by atoms with Gasteiger partial charge in [-0.25, -0.2) is 9.78 Å². The zero-order valence-electron chi connectivity index (χ0n) is 11.6. The second-order valence-corrected chi connectivity index (χ2v) is 5.93. The highest BCUT2D eigenvalue weighted by atomic mass is 35.5. The van der Waals surface area contributed by atoms with Crippen molar-refractivity contribution in [3.05, 3.63) is 35.2 Å². The summed E-state index contributed by atoms with van der Waals surface area (Å²) in [6.07, 6.45) is 0.704.